The molecule has 0 aromatic rings. The third-order valence-electron chi connectivity index (χ3n) is 0. The van der Waals surface area contributed by atoms with Crippen molar-refractivity contribution in [3.8, 4) is 0 Å². The maximum atomic E-state index is 8.89. The Balaban J connectivity index is -0.0000000369. The van der Waals surface area contributed by atoms with Crippen molar-refractivity contribution < 1.29 is 45.1 Å². The van der Waals surface area contributed by atoms with E-state index >= 15 is 0 Å². The maximum absolute atomic E-state index is 8.89. The molecule has 0 saturated heterocycles. The molecule has 2 N–H and O–H groups in total. The Bertz CT molecular complexity index is 157. The van der Waals surface area contributed by atoms with Gasteiger partial charge in [-0.2, -0.15) is 0 Å². The minimum atomic E-state index is -1.08. The highest BCUT2D eigenvalue weighted by molar-refractivity contribution is 5.61. The van der Waals surface area contributed by atoms with Crippen molar-refractivity contribution in [3.05, 3.63) is 0 Å². The second-order valence-corrected chi connectivity index (χ2v) is 1.97. The van der Waals surface area contributed by atoms with Crippen LogP contribution in [-0.2, 0) is 19.2 Å². The highest BCUT2D eigenvalue weighted by atomic mass is 16.4. The summed E-state index contributed by atoms with van der Waals surface area (Å²) < 4.78 is 0. The zero-order valence-electron chi connectivity index (χ0n) is 9.77. The third-order valence-corrected chi connectivity index (χ3v) is 0. The lowest BCUT2D eigenvalue weighted by Crippen LogP contribution is -2.16. The van der Waals surface area contributed by atoms with Crippen LogP contribution in [0, 0.1) is 0 Å². The number of carbonyl (C=O) groups excluding carboxylic acids is 4. The molecule has 0 aliphatic carbocycles. The van der Waals surface area contributed by atoms with Crippen molar-refractivity contribution in [2.45, 2.75) is 27.7 Å². The van der Waals surface area contributed by atoms with E-state index in [0.717, 1.165) is 27.7 Å². The van der Waals surface area contributed by atoms with Gasteiger partial charge in [0.2, 0.25) is 0 Å². The molecule has 0 amide bonds. The Kier molecular flexibility index (Phi) is 40.7. The van der Waals surface area contributed by atoms with E-state index in [1.165, 1.54) is 0 Å². The topological polar surface area (TPSA) is 192 Å². The summed E-state index contributed by atoms with van der Waals surface area (Å²) in [6, 6.07) is 0. The molecule has 0 spiro atoms. The van der Waals surface area contributed by atoms with Gasteiger partial charge in [-0.1, -0.05) is 0 Å². The molecule has 104 valence electrons. The number of carboxylic acids is 4. The first-order valence-electron chi connectivity index (χ1n) is 3.63. The average molecular weight is 254 g/mol. The monoisotopic (exact) mass is 254 g/mol. The van der Waals surface area contributed by atoms with Gasteiger partial charge >= 0.3 is 0 Å². The van der Waals surface area contributed by atoms with Crippen LogP contribution in [-0.4, -0.2) is 29.4 Å². The van der Waals surface area contributed by atoms with E-state index in [-0.39, 0.29) is 5.48 Å². The number of carbonyl (C=O) groups is 4. The second-order valence-electron chi connectivity index (χ2n) is 1.97. The van der Waals surface area contributed by atoms with Crippen molar-refractivity contribution in [2.75, 3.05) is 0 Å². The lowest BCUT2D eigenvalue weighted by molar-refractivity contribution is -0.303. The largest absolute Gasteiger partial charge is 0.550 e. The highest BCUT2D eigenvalue weighted by Gasteiger charge is 1.47. The lowest BCUT2D eigenvalue weighted by Gasteiger charge is -1.77. The van der Waals surface area contributed by atoms with Crippen LogP contribution in [0.3, 0.4) is 0 Å². The zero-order chi connectivity index (χ0) is 14.3. The van der Waals surface area contributed by atoms with Crippen LogP contribution in [0.25, 0.3) is 0 Å². The molecule has 0 atom stereocenters. The Labute approximate surface area is 97.6 Å². The summed E-state index contributed by atoms with van der Waals surface area (Å²) in [6.07, 6.45) is 0. The van der Waals surface area contributed by atoms with E-state index in [4.69, 9.17) is 39.6 Å². The fraction of sp³-hybridized carbons (Fsp3) is 0.500. The average Bonchev–Trinajstić information content (AvgIpc) is 1.76. The van der Waals surface area contributed by atoms with Gasteiger partial charge in [0.1, 0.15) is 0 Å². The predicted molar refractivity (Wildman–Crippen MR) is 46.3 cm³/mol. The molecular formula is C8H14O9-4. The second kappa shape index (κ2) is 23.6. The molecule has 0 aromatic carbocycles. The highest BCUT2D eigenvalue weighted by Crippen LogP contribution is 1.32. The van der Waals surface area contributed by atoms with E-state index in [1.807, 2.05) is 0 Å². The first kappa shape index (κ1) is 29.4. The summed E-state index contributed by atoms with van der Waals surface area (Å²) in [7, 11) is 0. The van der Waals surface area contributed by atoms with Gasteiger partial charge in [0, 0.05) is 23.9 Å². The van der Waals surface area contributed by atoms with Crippen LogP contribution >= 0.6 is 0 Å². The third kappa shape index (κ3) is 416. The maximum Gasteiger partial charge on any atom is 0.0383 e. The number of hydrogen-bond acceptors (Lipinski definition) is 8. The summed E-state index contributed by atoms with van der Waals surface area (Å²) in [6.45, 7) is 3.89. The van der Waals surface area contributed by atoms with Crippen molar-refractivity contribution in [3.63, 3.8) is 0 Å². The molecule has 9 nitrogen and oxygen atoms in total. The van der Waals surface area contributed by atoms with E-state index in [1.54, 1.807) is 0 Å². The molecule has 0 aromatic heterocycles. The number of carboxylic acid groups (broad SMARTS) is 4. The van der Waals surface area contributed by atoms with Crippen LogP contribution < -0.4 is 20.4 Å². The fourth-order valence-electron chi connectivity index (χ4n) is 0. The summed E-state index contributed by atoms with van der Waals surface area (Å²) in [5.74, 6) is -4.33. The quantitative estimate of drug-likeness (QED) is 0.407. The van der Waals surface area contributed by atoms with Gasteiger partial charge < -0.3 is 45.1 Å². The molecule has 0 heterocycles. The van der Waals surface area contributed by atoms with Crippen molar-refractivity contribution in [2.24, 2.45) is 0 Å². The first-order valence-corrected chi connectivity index (χ1v) is 3.63. The Hall–Kier alpha value is -2.16. The van der Waals surface area contributed by atoms with E-state index < -0.39 is 23.9 Å². The summed E-state index contributed by atoms with van der Waals surface area (Å²) >= 11 is 0. The zero-order valence-corrected chi connectivity index (χ0v) is 9.77. The Morgan fingerprint density at radius 2 is 0.529 bits per heavy atom. The molecule has 0 bridgehead atoms. The van der Waals surface area contributed by atoms with Gasteiger partial charge in [-0.15, -0.1) is 0 Å². The van der Waals surface area contributed by atoms with Crippen molar-refractivity contribution in [1.29, 1.82) is 0 Å². The van der Waals surface area contributed by atoms with E-state index in [9.17, 15) is 0 Å². The predicted octanol–water partition coefficient (Wildman–Crippen LogP) is -5.80. The summed E-state index contributed by atoms with van der Waals surface area (Å²) in [5.41, 5.74) is 0. The van der Waals surface area contributed by atoms with Gasteiger partial charge in [0.05, 0.1) is 0 Å². The van der Waals surface area contributed by atoms with Crippen LogP contribution in [0.5, 0.6) is 0 Å². The normalized spacial score (nSPS) is 5.88. The van der Waals surface area contributed by atoms with Crippen LogP contribution in [0.2, 0.25) is 0 Å². The number of rotatable bonds is 0. The minimum Gasteiger partial charge on any atom is -0.550 e. The molecule has 0 radical (unpaired) electrons. The standard InChI is InChI=1S/4C2H4O2.H2O/c4*1-2(3)4;/h4*1H3,(H,3,4);1H2/p-4. The van der Waals surface area contributed by atoms with Gasteiger partial charge in [-0.3, -0.25) is 0 Å². The van der Waals surface area contributed by atoms with Crippen LogP contribution in [0.4, 0.5) is 0 Å². The molecule has 17 heavy (non-hydrogen) atoms. The van der Waals surface area contributed by atoms with Gasteiger partial charge in [0.25, 0.3) is 0 Å². The molecular weight excluding hydrogens is 240 g/mol. The number of hydrogen-bond donors (Lipinski definition) is 0. The lowest BCUT2D eigenvalue weighted by atomic mass is 10.9. The SMILES string of the molecule is CC(=O)[O-].CC(=O)[O-].CC(=O)[O-].CC(=O)[O-].O. The van der Waals surface area contributed by atoms with E-state index in [0.29, 0.717) is 0 Å². The minimum absolute atomic E-state index is 0. The Morgan fingerprint density at radius 3 is 0.529 bits per heavy atom. The molecule has 0 aliphatic heterocycles. The van der Waals surface area contributed by atoms with Crippen molar-refractivity contribution >= 4 is 23.9 Å². The first-order chi connectivity index (χ1) is 6.93. The smallest absolute Gasteiger partial charge is 0.0383 e. The van der Waals surface area contributed by atoms with Gasteiger partial charge in [-0.05, 0) is 27.7 Å². The molecule has 0 fully saturated rings. The molecule has 0 aliphatic rings. The Morgan fingerprint density at radius 1 is 0.529 bits per heavy atom. The summed E-state index contributed by atoms with van der Waals surface area (Å²) in [5, 5.41) is 35.6. The van der Waals surface area contributed by atoms with E-state index in [2.05, 4.69) is 0 Å². The van der Waals surface area contributed by atoms with Crippen LogP contribution in [0.15, 0.2) is 0 Å². The number of aliphatic carboxylic acids is 4. The van der Waals surface area contributed by atoms with Gasteiger partial charge in [0.15, 0.2) is 0 Å². The van der Waals surface area contributed by atoms with Crippen LogP contribution in [0.1, 0.15) is 27.7 Å². The van der Waals surface area contributed by atoms with Gasteiger partial charge in [-0.25, -0.2) is 0 Å². The fourth-order valence-corrected chi connectivity index (χ4v) is 0. The van der Waals surface area contributed by atoms with Crippen molar-refractivity contribution in [1.82, 2.24) is 0 Å². The molecule has 9 heteroatoms. The molecule has 0 unspecified atom stereocenters. The summed E-state index contributed by atoms with van der Waals surface area (Å²) in [4.78, 5) is 35.6. The molecule has 0 rings (SSSR count). The molecule has 0 saturated carbocycles.